The summed E-state index contributed by atoms with van der Waals surface area (Å²) in [6.45, 7) is 7.02. The number of amides is 2. The number of carbonyl (C=O) groups excluding carboxylic acids is 3. The number of hydrogen-bond acceptors (Lipinski definition) is 5. The number of H-pyrrole nitrogens is 1. The second-order valence-electron chi connectivity index (χ2n) is 6.59. The molecule has 0 spiro atoms. The largest absolute Gasteiger partial charge is 0.491 e. The molecule has 0 aliphatic rings. The minimum Gasteiger partial charge on any atom is -0.491 e. The molecule has 4 N–H and O–H groups in total. The molecule has 1 aromatic carbocycles. The van der Waals surface area contributed by atoms with Crippen LogP contribution in [0.1, 0.15) is 52.4 Å². The molecular formula is C20H25N3O5. The van der Waals surface area contributed by atoms with Gasteiger partial charge in [0.15, 0.2) is 0 Å². The van der Waals surface area contributed by atoms with Crippen molar-refractivity contribution in [1.82, 2.24) is 4.98 Å². The van der Waals surface area contributed by atoms with Crippen LogP contribution in [0, 0.1) is 13.8 Å². The number of aryl methyl sites for hydroxylation is 1. The summed E-state index contributed by atoms with van der Waals surface area (Å²) in [5.74, 6) is -0.956. The number of primary amides is 1. The monoisotopic (exact) mass is 387 g/mol. The Morgan fingerprint density at radius 3 is 2.50 bits per heavy atom. The van der Waals surface area contributed by atoms with E-state index in [0.29, 0.717) is 28.3 Å². The van der Waals surface area contributed by atoms with Crippen LogP contribution < -0.4 is 15.8 Å². The van der Waals surface area contributed by atoms with Gasteiger partial charge in [0.05, 0.1) is 30.4 Å². The predicted molar refractivity (Wildman–Crippen MR) is 105 cm³/mol. The zero-order chi connectivity index (χ0) is 20.8. The molecule has 0 aliphatic carbocycles. The third kappa shape index (κ3) is 5.12. The molecule has 150 valence electrons. The van der Waals surface area contributed by atoms with Gasteiger partial charge in [-0.2, -0.15) is 0 Å². The molecule has 0 aliphatic heterocycles. The summed E-state index contributed by atoms with van der Waals surface area (Å²) < 4.78 is 10.8. The Bertz CT molecular complexity index is 886. The number of nitrogens with one attached hydrogen (secondary N) is 2. The van der Waals surface area contributed by atoms with Gasteiger partial charge in [-0.1, -0.05) is 12.1 Å². The second-order valence-corrected chi connectivity index (χ2v) is 6.59. The van der Waals surface area contributed by atoms with Crippen molar-refractivity contribution < 1.29 is 23.9 Å². The van der Waals surface area contributed by atoms with Gasteiger partial charge in [0.2, 0.25) is 5.91 Å². The van der Waals surface area contributed by atoms with Crippen LogP contribution in [0.15, 0.2) is 24.3 Å². The summed E-state index contributed by atoms with van der Waals surface area (Å²) in [5, 5.41) is 2.76. The summed E-state index contributed by atoms with van der Waals surface area (Å²) in [6.07, 6.45) is -0.193. The van der Waals surface area contributed by atoms with Crippen LogP contribution >= 0.6 is 0 Å². The molecule has 2 amide bonds. The molecule has 0 bridgehead atoms. The van der Waals surface area contributed by atoms with Crippen molar-refractivity contribution in [3.63, 3.8) is 0 Å². The number of aromatic nitrogens is 1. The van der Waals surface area contributed by atoms with Crippen molar-refractivity contribution in [3.8, 4) is 5.75 Å². The molecule has 8 nitrogen and oxygen atoms in total. The van der Waals surface area contributed by atoms with E-state index in [0.717, 1.165) is 0 Å². The van der Waals surface area contributed by atoms with Crippen LogP contribution in [-0.2, 0) is 9.53 Å². The molecular weight excluding hydrogens is 362 g/mol. The fourth-order valence-corrected chi connectivity index (χ4v) is 2.70. The average molecular weight is 387 g/mol. The first-order chi connectivity index (χ1) is 13.2. The third-order valence-electron chi connectivity index (χ3n) is 3.95. The molecule has 0 saturated carbocycles. The highest BCUT2D eigenvalue weighted by atomic mass is 16.5. The molecule has 28 heavy (non-hydrogen) atoms. The van der Waals surface area contributed by atoms with E-state index < -0.39 is 17.8 Å². The Morgan fingerprint density at radius 2 is 1.86 bits per heavy atom. The lowest BCUT2D eigenvalue weighted by atomic mass is 10.1. The minimum absolute atomic E-state index is 0.0680. The van der Waals surface area contributed by atoms with Crippen LogP contribution in [0.5, 0.6) is 5.75 Å². The Morgan fingerprint density at radius 1 is 1.18 bits per heavy atom. The third-order valence-corrected chi connectivity index (χ3v) is 3.95. The van der Waals surface area contributed by atoms with Crippen molar-refractivity contribution in [3.05, 3.63) is 46.8 Å². The highest BCUT2D eigenvalue weighted by Gasteiger charge is 2.24. The fourth-order valence-electron chi connectivity index (χ4n) is 2.70. The predicted octanol–water partition coefficient (Wildman–Crippen LogP) is 2.70. The van der Waals surface area contributed by atoms with Crippen molar-refractivity contribution in [2.75, 3.05) is 11.9 Å². The van der Waals surface area contributed by atoms with Crippen LogP contribution in [0.4, 0.5) is 5.69 Å². The molecule has 0 unspecified atom stereocenters. The zero-order valence-corrected chi connectivity index (χ0v) is 16.4. The number of rotatable bonds is 8. The summed E-state index contributed by atoms with van der Waals surface area (Å²) in [4.78, 5) is 38.9. The lowest BCUT2D eigenvalue weighted by molar-refractivity contribution is -0.118. The van der Waals surface area contributed by atoms with Crippen LogP contribution in [0.2, 0.25) is 0 Å². The van der Waals surface area contributed by atoms with Crippen molar-refractivity contribution in [2.45, 2.75) is 40.2 Å². The van der Waals surface area contributed by atoms with E-state index in [1.165, 1.54) is 0 Å². The Kier molecular flexibility index (Phi) is 6.81. The summed E-state index contributed by atoms with van der Waals surface area (Å²) in [5.41, 5.74) is 7.23. The number of esters is 1. The van der Waals surface area contributed by atoms with Gasteiger partial charge in [-0.25, -0.2) is 4.79 Å². The van der Waals surface area contributed by atoms with Crippen molar-refractivity contribution in [2.24, 2.45) is 5.73 Å². The normalized spacial score (nSPS) is 10.6. The zero-order valence-electron chi connectivity index (χ0n) is 16.4. The highest BCUT2D eigenvalue weighted by molar-refractivity contribution is 6.07. The van der Waals surface area contributed by atoms with Gasteiger partial charge in [-0.05, 0) is 45.4 Å². The standard InChI is InChI=1S/C20H25N3O5/c1-11(2)28-20(26)17-12(3)18(22-13(17)4)19(25)23-14-7-5-6-8-15(14)27-10-9-16(21)24/h5-8,11,22H,9-10H2,1-4H3,(H2,21,24)(H,23,25). The maximum absolute atomic E-state index is 12.8. The first-order valence-corrected chi connectivity index (χ1v) is 8.92. The number of benzene rings is 1. The smallest absolute Gasteiger partial charge is 0.340 e. The van der Waals surface area contributed by atoms with Gasteiger partial charge in [0.1, 0.15) is 11.4 Å². The number of hydrogen-bond donors (Lipinski definition) is 3. The number of aromatic amines is 1. The first kappa shape index (κ1) is 21.0. The maximum Gasteiger partial charge on any atom is 0.340 e. The number of para-hydroxylation sites is 2. The molecule has 0 atom stereocenters. The maximum atomic E-state index is 12.8. The first-order valence-electron chi connectivity index (χ1n) is 8.92. The summed E-state index contributed by atoms with van der Waals surface area (Å²) in [6, 6.07) is 6.85. The Labute approximate surface area is 163 Å². The Hall–Kier alpha value is -3.29. The van der Waals surface area contributed by atoms with Gasteiger partial charge < -0.3 is 25.5 Å². The molecule has 0 saturated heterocycles. The highest BCUT2D eigenvalue weighted by Crippen LogP contribution is 2.26. The minimum atomic E-state index is -0.476. The van der Waals surface area contributed by atoms with Crippen LogP contribution in [0.25, 0.3) is 0 Å². The van der Waals surface area contributed by atoms with Crippen molar-refractivity contribution >= 4 is 23.5 Å². The van der Waals surface area contributed by atoms with E-state index in [2.05, 4.69) is 10.3 Å². The van der Waals surface area contributed by atoms with E-state index in [4.69, 9.17) is 15.2 Å². The van der Waals surface area contributed by atoms with E-state index in [9.17, 15) is 14.4 Å². The summed E-state index contributed by atoms with van der Waals surface area (Å²) >= 11 is 0. The molecule has 0 fully saturated rings. The SMILES string of the molecule is Cc1[nH]c(C(=O)Nc2ccccc2OCCC(N)=O)c(C)c1C(=O)OC(C)C. The van der Waals surface area contributed by atoms with Crippen LogP contribution in [0.3, 0.4) is 0 Å². The van der Waals surface area contributed by atoms with Crippen LogP contribution in [-0.4, -0.2) is 35.5 Å². The molecule has 0 radical (unpaired) electrons. The molecule has 8 heteroatoms. The van der Waals surface area contributed by atoms with Gasteiger partial charge in [0, 0.05) is 5.69 Å². The Balaban J connectivity index is 2.20. The van der Waals surface area contributed by atoms with Gasteiger partial charge in [-0.3, -0.25) is 9.59 Å². The number of carbonyl (C=O) groups is 3. The quantitative estimate of drug-likeness (QED) is 0.601. The number of nitrogens with two attached hydrogens (primary N) is 1. The van der Waals surface area contributed by atoms with E-state index in [1.807, 2.05) is 0 Å². The molecule has 2 aromatic rings. The lowest BCUT2D eigenvalue weighted by Crippen LogP contribution is -2.17. The number of anilines is 1. The average Bonchev–Trinajstić information content (AvgIpc) is 2.90. The summed E-state index contributed by atoms with van der Waals surface area (Å²) in [7, 11) is 0. The fraction of sp³-hybridized carbons (Fsp3) is 0.350. The van der Waals surface area contributed by atoms with Gasteiger partial charge >= 0.3 is 5.97 Å². The van der Waals surface area contributed by atoms with Gasteiger partial charge in [-0.15, -0.1) is 0 Å². The second kappa shape index (κ2) is 9.07. The van der Waals surface area contributed by atoms with Gasteiger partial charge in [0.25, 0.3) is 5.91 Å². The molecule has 1 aromatic heterocycles. The molecule has 1 heterocycles. The topological polar surface area (TPSA) is 124 Å². The van der Waals surface area contributed by atoms with Crippen molar-refractivity contribution in [1.29, 1.82) is 0 Å². The number of ether oxygens (including phenoxy) is 2. The van der Waals surface area contributed by atoms with E-state index in [-0.39, 0.29) is 24.8 Å². The van der Waals surface area contributed by atoms with E-state index in [1.54, 1.807) is 52.0 Å². The lowest BCUT2D eigenvalue weighted by Gasteiger charge is -2.12. The molecule has 2 rings (SSSR count). The van der Waals surface area contributed by atoms with E-state index >= 15 is 0 Å².